The molecule has 2 N–H and O–H groups in total. The largest absolute Gasteiger partial charge is 0.389 e. The van der Waals surface area contributed by atoms with Gasteiger partial charge in [-0.2, -0.15) is 0 Å². The standard InChI is InChI=1S/C14H19F2NO2/c15-12-6-3-7-13(16)14(12)17-8-10(18)9-19-11-4-1-2-5-11/h3,6-7,10-11,17-18H,1-2,4-5,8-9H2. The van der Waals surface area contributed by atoms with Gasteiger partial charge in [-0.25, -0.2) is 8.78 Å². The first kappa shape index (κ1) is 14.2. The summed E-state index contributed by atoms with van der Waals surface area (Å²) in [6.07, 6.45) is 3.84. The number of ether oxygens (including phenoxy) is 1. The Morgan fingerprint density at radius 2 is 1.89 bits per heavy atom. The van der Waals surface area contributed by atoms with Crippen molar-refractivity contribution < 1.29 is 18.6 Å². The summed E-state index contributed by atoms with van der Waals surface area (Å²) >= 11 is 0. The summed E-state index contributed by atoms with van der Waals surface area (Å²) in [6, 6.07) is 3.65. The first-order valence-corrected chi connectivity index (χ1v) is 6.64. The lowest BCUT2D eigenvalue weighted by molar-refractivity contribution is -0.00121. The van der Waals surface area contributed by atoms with E-state index in [-0.39, 0.29) is 24.9 Å². The fraction of sp³-hybridized carbons (Fsp3) is 0.571. The topological polar surface area (TPSA) is 41.5 Å². The molecule has 1 atom stereocenters. The number of hydrogen-bond acceptors (Lipinski definition) is 3. The summed E-state index contributed by atoms with van der Waals surface area (Å²) in [5.74, 6) is -1.33. The average molecular weight is 271 g/mol. The van der Waals surface area contributed by atoms with Crippen molar-refractivity contribution in [2.24, 2.45) is 0 Å². The third kappa shape index (κ3) is 4.14. The molecule has 106 valence electrons. The summed E-state index contributed by atoms with van der Waals surface area (Å²) in [5.41, 5.74) is -0.206. The Labute approximate surface area is 111 Å². The van der Waals surface area contributed by atoms with Gasteiger partial charge in [0.2, 0.25) is 0 Å². The number of nitrogens with one attached hydrogen (secondary N) is 1. The highest BCUT2D eigenvalue weighted by Crippen LogP contribution is 2.21. The van der Waals surface area contributed by atoms with Gasteiger partial charge in [-0.05, 0) is 25.0 Å². The Kier molecular flexibility index (Phi) is 5.10. The predicted molar refractivity (Wildman–Crippen MR) is 69.1 cm³/mol. The second-order valence-electron chi connectivity index (χ2n) is 4.87. The van der Waals surface area contributed by atoms with Crippen LogP contribution >= 0.6 is 0 Å². The minimum absolute atomic E-state index is 0.0601. The minimum atomic E-state index is -0.778. The molecule has 0 saturated heterocycles. The van der Waals surface area contributed by atoms with Crippen LogP contribution in [-0.4, -0.2) is 30.5 Å². The molecule has 0 radical (unpaired) electrons. The zero-order valence-electron chi connectivity index (χ0n) is 10.7. The molecule has 0 spiro atoms. The van der Waals surface area contributed by atoms with Crippen LogP contribution in [0.4, 0.5) is 14.5 Å². The Morgan fingerprint density at radius 1 is 1.26 bits per heavy atom. The minimum Gasteiger partial charge on any atom is -0.389 e. The van der Waals surface area contributed by atoms with E-state index in [1.807, 2.05) is 0 Å². The van der Waals surface area contributed by atoms with E-state index < -0.39 is 17.7 Å². The fourth-order valence-corrected chi connectivity index (χ4v) is 2.25. The lowest BCUT2D eigenvalue weighted by Crippen LogP contribution is -2.27. The second kappa shape index (κ2) is 6.82. The van der Waals surface area contributed by atoms with Gasteiger partial charge in [0.15, 0.2) is 0 Å². The zero-order valence-corrected chi connectivity index (χ0v) is 10.7. The van der Waals surface area contributed by atoms with Crippen LogP contribution in [0.2, 0.25) is 0 Å². The molecule has 1 fully saturated rings. The summed E-state index contributed by atoms with van der Waals surface area (Å²) < 4.78 is 32.2. The number of aliphatic hydroxyl groups is 1. The lowest BCUT2D eigenvalue weighted by atomic mass is 10.2. The lowest BCUT2D eigenvalue weighted by Gasteiger charge is -2.17. The van der Waals surface area contributed by atoms with E-state index in [4.69, 9.17) is 4.74 Å². The average Bonchev–Trinajstić information content (AvgIpc) is 2.89. The van der Waals surface area contributed by atoms with Gasteiger partial charge in [-0.3, -0.25) is 0 Å². The third-order valence-corrected chi connectivity index (χ3v) is 3.30. The van der Waals surface area contributed by atoms with Gasteiger partial charge in [-0.15, -0.1) is 0 Å². The Morgan fingerprint density at radius 3 is 2.53 bits per heavy atom. The van der Waals surface area contributed by atoms with E-state index in [9.17, 15) is 13.9 Å². The molecule has 0 amide bonds. The molecular weight excluding hydrogens is 252 g/mol. The number of benzene rings is 1. The number of hydrogen-bond donors (Lipinski definition) is 2. The van der Waals surface area contributed by atoms with Crippen LogP contribution in [0.25, 0.3) is 0 Å². The van der Waals surface area contributed by atoms with E-state index in [0.717, 1.165) is 12.8 Å². The summed E-state index contributed by atoms with van der Waals surface area (Å²) in [6.45, 7) is 0.248. The maximum absolute atomic E-state index is 13.3. The third-order valence-electron chi connectivity index (χ3n) is 3.30. The van der Waals surface area contributed by atoms with Crippen LogP contribution in [0.3, 0.4) is 0 Å². The highest BCUT2D eigenvalue weighted by molar-refractivity contribution is 5.46. The number of aliphatic hydroxyl groups excluding tert-OH is 1. The van der Waals surface area contributed by atoms with E-state index in [2.05, 4.69) is 5.32 Å². The Bertz CT molecular complexity index is 388. The molecule has 1 aromatic rings. The molecule has 1 aliphatic rings. The van der Waals surface area contributed by atoms with Crippen LogP contribution in [0.5, 0.6) is 0 Å². The van der Waals surface area contributed by atoms with Crippen LogP contribution < -0.4 is 5.32 Å². The highest BCUT2D eigenvalue weighted by Gasteiger charge is 2.17. The molecular formula is C14H19F2NO2. The normalized spacial score (nSPS) is 17.6. The van der Waals surface area contributed by atoms with Crippen LogP contribution in [0.1, 0.15) is 25.7 Å². The van der Waals surface area contributed by atoms with Crippen molar-refractivity contribution in [2.75, 3.05) is 18.5 Å². The molecule has 1 unspecified atom stereocenters. The van der Waals surface area contributed by atoms with Crippen LogP contribution in [0.15, 0.2) is 18.2 Å². The molecule has 0 heterocycles. The van der Waals surface area contributed by atoms with Crippen molar-refractivity contribution in [3.05, 3.63) is 29.8 Å². The van der Waals surface area contributed by atoms with Gasteiger partial charge in [0, 0.05) is 6.54 Å². The Balaban J connectivity index is 1.75. The molecule has 3 nitrogen and oxygen atoms in total. The number of anilines is 1. The molecule has 0 aromatic heterocycles. The molecule has 5 heteroatoms. The van der Waals surface area contributed by atoms with Gasteiger partial charge >= 0.3 is 0 Å². The van der Waals surface area contributed by atoms with Gasteiger partial charge in [0.1, 0.15) is 17.3 Å². The van der Waals surface area contributed by atoms with Crippen molar-refractivity contribution in [3.8, 4) is 0 Å². The van der Waals surface area contributed by atoms with Crippen molar-refractivity contribution >= 4 is 5.69 Å². The number of rotatable bonds is 6. The quantitative estimate of drug-likeness (QED) is 0.836. The number of halogens is 2. The molecule has 2 rings (SSSR count). The van der Waals surface area contributed by atoms with E-state index in [1.165, 1.54) is 31.0 Å². The van der Waals surface area contributed by atoms with Crippen molar-refractivity contribution in [1.82, 2.24) is 0 Å². The smallest absolute Gasteiger partial charge is 0.149 e. The van der Waals surface area contributed by atoms with Crippen molar-refractivity contribution in [1.29, 1.82) is 0 Å². The van der Waals surface area contributed by atoms with Crippen molar-refractivity contribution in [2.45, 2.75) is 37.9 Å². The van der Waals surface area contributed by atoms with E-state index >= 15 is 0 Å². The summed E-state index contributed by atoms with van der Waals surface area (Å²) in [4.78, 5) is 0. The summed E-state index contributed by atoms with van der Waals surface area (Å²) in [7, 11) is 0. The molecule has 0 bridgehead atoms. The molecule has 1 aliphatic carbocycles. The first-order chi connectivity index (χ1) is 9.16. The van der Waals surface area contributed by atoms with Crippen molar-refractivity contribution in [3.63, 3.8) is 0 Å². The zero-order chi connectivity index (χ0) is 13.7. The highest BCUT2D eigenvalue weighted by atomic mass is 19.1. The van der Waals surface area contributed by atoms with Crippen LogP contribution in [0, 0.1) is 11.6 Å². The summed E-state index contributed by atoms with van der Waals surface area (Å²) in [5, 5.41) is 12.3. The molecule has 1 saturated carbocycles. The van der Waals surface area contributed by atoms with Gasteiger partial charge < -0.3 is 15.2 Å². The SMILES string of the molecule is OC(CNc1c(F)cccc1F)COC1CCCC1. The maximum atomic E-state index is 13.3. The molecule has 0 aliphatic heterocycles. The fourth-order valence-electron chi connectivity index (χ4n) is 2.25. The second-order valence-corrected chi connectivity index (χ2v) is 4.87. The van der Waals surface area contributed by atoms with Gasteiger partial charge in [0.25, 0.3) is 0 Å². The monoisotopic (exact) mass is 271 g/mol. The first-order valence-electron chi connectivity index (χ1n) is 6.64. The van der Waals surface area contributed by atoms with Crippen LogP contribution in [-0.2, 0) is 4.74 Å². The Hall–Kier alpha value is -1.20. The maximum Gasteiger partial charge on any atom is 0.149 e. The van der Waals surface area contributed by atoms with Gasteiger partial charge in [0.05, 0.1) is 18.8 Å². The molecule has 1 aromatic carbocycles. The molecule has 19 heavy (non-hydrogen) atoms. The van der Waals surface area contributed by atoms with E-state index in [1.54, 1.807) is 0 Å². The predicted octanol–water partition coefficient (Wildman–Crippen LogP) is 2.70. The van der Waals surface area contributed by atoms with E-state index in [0.29, 0.717) is 0 Å². The van der Waals surface area contributed by atoms with Gasteiger partial charge in [-0.1, -0.05) is 18.9 Å². The number of para-hydroxylation sites is 1.